The summed E-state index contributed by atoms with van der Waals surface area (Å²) in [7, 11) is -3.76. The van der Waals surface area contributed by atoms with E-state index in [0.29, 0.717) is 5.69 Å². The van der Waals surface area contributed by atoms with Gasteiger partial charge in [0.1, 0.15) is 11.0 Å². The van der Waals surface area contributed by atoms with Gasteiger partial charge in [-0.05, 0) is 19.1 Å². The number of aromatic nitrogens is 2. The van der Waals surface area contributed by atoms with Gasteiger partial charge in [-0.15, -0.1) is 11.3 Å². The average molecular weight is 294 g/mol. The first-order valence-corrected chi connectivity index (χ1v) is 7.65. The molecule has 0 fully saturated rings. The first kappa shape index (κ1) is 13.6. The van der Waals surface area contributed by atoms with Crippen molar-refractivity contribution in [1.82, 2.24) is 14.7 Å². The maximum absolute atomic E-state index is 12.1. The molecule has 0 amide bonds. The summed E-state index contributed by atoms with van der Waals surface area (Å²) >= 11 is 1.45. The van der Waals surface area contributed by atoms with Gasteiger partial charge in [-0.1, -0.05) is 0 Å². The summed E-state index contributed by atoms with van der Waals surface area (Å²) < 4.78 is 26.5. The Kier molecular flexibility index (Phi) is 3.90. The van der Waals surface area contributed by atoms with Crippen molar-refractivity contribution in [2.75, 3.05) is 0 Å². The molecule has 2 heterocycles. The van der Waals surface area contributed by atoms with Crippen molar-refractivity contribution < 1.29 is 8.42 Å². The fourth-order valence-electron chi connectivity index (χ4n) is 1.43. The largest absolute Gasteiger partial charge is 0.245 e. The predicted molar refractivity (Wildman–Crippen MR) is 69.8 cm³/mol. The van der Waals surface area contributed by atoms with Gasteiger partial charge in [0.25, 0.3) is 0 Å². The molecule has 0 saturated heterocycles. The molecule has 2 rings (SSSR count). The third-order valence-corrected chi connectivity index (χ3v) is 4.53. The molecule has 19 heavy (non-hydrogen) atoms. The lowest BCUT2D eigenvalue weighted by Gasteiger charge is -2.05. The molecule has 2 aromatic rings. The van der Waals surface area contributed by atoms with Crippen LogP contribution >= 0.6 is 11.3 Å². The van der Waals surface area contributed by atoms with Crippen LogP contribution in [0.15, 0.2) is 28.6 Å². The highest BCUT2D eigenvalue weighted by molar-refractivity contribution is 7.89. The van der Waals surface area contributed by atoms with Gasteiger partial charge in [0, 0.05) is 11.6 Å². The van der Waals surface area contributed by atoms with E-state index >= 15 is 0 Å². The maximum atomic E-state index is 12.1. The highest BCUT2D eigenvalue weighted by Gasteiger charge is 2.19. The number of thiazole rings is 1. The van der Waals surface area contributed by atoms with Crippen LogP contribution in [0, 0.1) is 18.3 Å². The Morgan fingerprint density at radius 2 is 2.32 bits per heavy atom. The van der Waals surface area contributed by atoms with Crippen molar-refractivity contribution in [2.24, 2.45) is 0 Å². The van der Waals surface area contributed by atoms with Crippen LogP contribution in [0.5, 0.6) is 0 Å². The number of aryl methyl sites for hydroxylation is 1. The third kappa shape index (κ3) is 3.14. The van der Waals surface area contributed by atoms with E-state index in [-0.39, 0.29) is 17.1 Å². The molecule has 0 aliphatic rings. The number of hydrogen-bond donors (Lipinski definition) is 1. The van der Waals surface area contributed by atoms with Crippen LogP contribution in [0.3, 0.4) is 0 Å². The minimum atomic E-state index is -3.76. The van der Waals surface area contributed by atoms with Gasteiger partial charge < -0.3 is 0 Å². The van der Waals surface area contributed by atoms with Crippen LogP contribution in [-0.2, 0) is 16.6 Å². The van der Waals surface area contributed by atoms with Gasteiger partial charge in [-0.2, -0.15) is 5.26 Å². The van der Waals surface area contributed by atoms with Gasteiger partial charge in [0.05, 0.1) is 17.2 Å². The summed E-state index contributed by atoms with van der Waals surface area (Å²) in [5.74, 6) is 0. The van der Waals surface area contributed by atoms with Gasteiger partial charge in [-0.25, -0.2) is 23.1 Å². The number of pyridine rings is 1. The minimum Gasteiger partial charge on any atom is -0.245 e. The zero-order valence-corrected chi connectivity index (χ0v) is 11.6. The second kappa shape index (κ2) is 5.44. The fraction of sp³-hybridized carbons (Fsp3) is 0.182. The van der Waals surface area contributed by atoms with Crippen LogP contribution in [0.4, 0.5) is 0 Å². The second-order valence-electron chi connectivity index (χ2n) is 3.64. The normalized spacial score (nSPS) is 11.2. The highest BCUT2D eigenvalue weighted by atomic mass is 32.2. The number of nitrogens with zero attached hydrogens (tertiary/aromatic N) is 3. The Hall–Kier alpha value is -1.82. The highest BCUT2D eigenvalue weighted by Crippen LogP contribution is 2.13. The number of hydrogen-bond acceptors (Lipinski definition) is 6. The SMILES string of the molecule is Cc1nc(CNS(=O)(=O)c2cccnc2C#N)cs1. The topological polar surface area (TPSA) is 95.7 Å². The molecule has 0 aliphatic heterocycles. The van der Waals surface area contributed by atoms with Crippen molar-refractivity contribution in [2.45, 2.75) is 18.4 Å². The number of nitriles is 1. The van der Waals surface area contributed by atoms with Crippen molar-refractivity contribution in [3.8, 4) is 6.07 Å². The average Bonchev–Trinajstić information content (AvgIpc) is 2.82. The van der Waals surface area contributed by atoms with Crippen molar-refractivity contribution >= 4 is 21.4 Å². The van der Waals surface area contributed by atoms with Crippen LogP contribution in [0.2, 0.25) is 0 Å². The summed E-state index contributed by atoms with van der Waals surface area (Å²) in [5, 5.41) is 11.5. The smallest absolute Gasteiger partial charge is 0.243 e. The molecule has 6 nitrogen and oxygen atoms in total. The van der Waals surface area contributed by atoms with Crippen LogP contribution in [0.1, 0.15) is 16.4 Å². The van der Waals surface area contributed by atoms with E-state index in [9.17, 15) is 8.42 Å². The van der Waals surface area contributed by atoms with E-state index in [1.807, 2.05) is 6.92 Å². The fourth-order valence-corrected chi connectivity index (χ4v) is 3.14. The van der Waals surface area contributed by atoms with E-state index in [1.165, 1.54) is 29.7 Å². The maximum Gasteiger partial charge on any atom is 0.243 e. The molecular weight excluding hydrogens is 284 g/mol. The Bertz CT molecular complexity index is 731. The number of sulfonamides is 1. The number of rotatable bonds is 4. The summed E-state index contributed by atoms with van der Waals surface area (Å²) in [4.78, 5) is 7.77. The van der Waals surface area contributed by atoms with Gasteiger partial charge >= 0.3 is 0 Å². The molecule has 0 radical (unpaired) electrons. The molecular formula is C11H10N4O2S2. The zero-order valence-electron chi connectivity index (χ0n) is 9.99. The van der Waals surface area contributed by atoms with Crippen molar-refractivity contribution in [3.63, 3.8) is 0 Å². The minimum absolute atomic E-state index is 0.0897. The molecule has 8 heteroatoms. The van der Waals surface area contributed by atoms with Gasteiger partial charge in [0.2, 0.25) is 10.0 Å². The number of nitrogens with one attached hydrogen (secondary N) is 1. The quantitative estimate of drug-likeness (QED) is 0.914. The summed E-state index contributed by atoms with van der Waals surface area (Å²) in [5.41, 5.74) is 0.526. The Morgan fingerprint density at radius 1 is 1.53 bits per heavy atom. The zero-order chi connectivity index (χ0) is 13.9. The summed E-state index contributed by atoms with van der Waals surface area (Å²) in [6.07, 6.45) is 1.38. The molecule has 0 unspecified atom stereocenters. The molecule has 0 aliphatic carbocycles. The van der Waals surface area contributed by atoms with Crippen molar-refractivity contribution in [3.05, 3.63) is 40.1 Å². The molecule has 0 bridgehead atoms. The lowest BCUT2D eigenvalue weighted by atomic mass is 10.4. The van der Waals surface area contributed by atoms with E-state index in [1.54, 1.807) is 11.4 Å². The van der Waals surface area contributed by atoms with E-state index < -0.39 is 10.0 Å². The Balaban J connectivity index is 2.21. The van der Waals surface area contributed by atoms with E-state index in [4.69, 9.17) is 5.26 Å². The van der Waals surface area contributed by atoms with Gasteiger partial charge in [-0.3, -0.25) is 0 Å². The molecule has 1 N–H and O–H groups in total. The van der Waals surface area contributed by atoms with E-state index in [0.717, 1.165) is 5.01 Å². The van der Waals surface area contributed by atoms with Crippen LogP contribution < -0.4 is 4.72 Å². The van der Waals surface area contributed by atoms with E-state index in [2.05, 4.69) is 14.7 Å². The van der Waals surface area contributed by atoms with Gasteiger partial charge in [0.15, 0.2) is 5.69 Å². The molecule has 0 atom stereocenters. The first-order valence-electron chi connectivity index (χ1n) is 5.29. The molecule has 0 saturated carbocycles. The monoisotopic (exact) mass is 294 g/mol. The first-order chi connectivity index (χ1) is 9.03. The lowest BCUT2D eigenvalue weighted by Crippen LogP contribution is -2.24. The summed E-state index contributed by atoms with van der Waals surface area (Å²) in [6, 6.07) is 4.58. The molecule has 98 valence electrons. The third-order valence-electron chi connectivity index (χ3n) is 2.28. The molecule has 0 aromatic carbocycles. The predicted octanol–water partition coefficient (Wildman–Crippen LogP) is 1.20. The Morgan fingerprint density at radius 3 is 2.95 bits per heavy atom. The van der Waals surface area contributed by atoms with Crippen LogP contribution in [0.25, 0.3) is 0 Å². The summed E-state index contributed by atoms with van der Waals surface area (Å²) in [6.45, 7) is 1.93. The van der Waals surface area contributed by atoms with Crippen molar-refractivity contribution in [1.29, 1.82) is 5.26 Å². The Labute approximate surface area is 114 Å². The standard InChI is InChI=1S/C11H10N4O2S2/c1-8-15-9(7-18-8)6-14-19(16,17)11-3-2-4-13-10(11)5-12/h2-4,7,14H,6H2,1H3. The molecule has 0 spiro atoms. The van der Waals surface area contributed by atoms with Crippen LogP contribution in [-0.4, -0.2) is 18.4 Å². The lowest BCUT2D eigenvalue weighted by molar-refractivity contribution is 0.580. The second-order valence-corrected chi connectivity index (χ2v) is 6.44. The molecule has 2 aromatic heterocycles.